The van der Waals surface area contributed by atoms with Crippen LogP contribution in [-0.4, -0.2) is 23.5 Å². The Kier molecular flexibility index (Phi) is 2.99. The number of hydrogen-bond donors (Lipinski definition) is 1. The highest BCUT2D eigenvalue weighted by atomic mass is 16.4. The smallest absolute Gasteiger partial charge is 0.335 e. The molecule has 0 fully saturated rings. The third kappa shape index (κ3) is 2.05. The predicted molar refractivity (Wildman–Crippen MR) is 75.2 cm³/mol. The fourth-order valence-corrected chi connectivity index (χ4v) is 2.46. The summed E-state index contributed by atoms with van der Waals surface area (Å²) < 4.78 is 0. The van der Waals surface area contributed by atoms with Gasteiger partial charge in [0.05, 0.1) is 5.56 Å². The van der Waals surface area contributed by atoms with E-state index in [0.717, 1.165) is 23.2 Å². The van der Waals surface area contributed by atoms with E-state index >= 15 is 0 Å². The van der Waals surface area contributed by atoms with Crippen LogP contribution in [0.3, 0.4) is 0 Å². The number of carboxylic acids is 1. The highest BCUT2D eigenvalue weighted by molar-refractivity contribution is 6.08. The molecule has 100 valence electrons. The molecule has 2 aromatic carbocycles. The van der Waals surface area contributed by atoms with Gasteiger partial charge in [0.2, 0.25) is 0 Å². The van der Waals surface area contributed by atoms with Crippen molar-refractivity contribution in [2.24, 2.45) is 0 Å². The second-order valence-electron chi connectivity index (χ2n) is 4.72. The minimum atomic E-state index is -0.966. The number of rotatable bonds is 2. The summed E-state index contributed by atoms with van der Waals surface area (Å²) in [7, 11) is 0. The van der Waals surface area contributed by atoms with Crippen LogP contribution >= 0.6 is 0 Å². The van der Waals surface area contributed by atoms with Crippen LogP contribution in [-0.2, 0) is 6.42 Å². The lowest BCUT2D eigenvalue weighted by molar-refractivity contribution is 0.0696. The Morgan fingerprint density at radius 1 is 1.05 bits per heavy atom. The molecule has 2 aromatic rings. The Hall–Kier alpha value is -2.62. The van der Waals surface area contributed by atoms with Gasteiger partial charge >= 0.3 is 5.97 Å². The molecule has 0 saturated heterocycles. The maximum absolute atomic E-state index is 12.4. The maximum Gasteiger partial charge on any atom is 0.335 e. The molecule has 3 rings (SSSR count). The van der Waals surface area contributed by atoms with Crippen LogP contribution in [0, 0.1) is 0 Å². The van der Waals surface area contributed by atoms with Gasteiger partial charge in [-0.15, -0.1) is 0 Å². The number of benzene rings is 2. The normalized spacial score (nSPS) is 14.0. The minimum absolute atomic E-state index is 0.0325. The fourth-order valence-electron chi connectivity index (χ4n) is 2.46. The van der Waals surface area contributed by atoms with Crippen molar-refractivity contribution >= 4 is 17.6 Å². The van der Waals surface area contributed by atoms with Crippen molar-refractivity contribution in [3.63, 3.8) is 0 Å². The van der Waals surface area contributed by atoms with Crippen molar-refractivity contribution in [3.8, 4) is 0 Å². The highest BCUT2D eigenvalue weighted by Crippen LogP contribution is 2.24. The van der Waals surface area contributed by atoms with Crippen molar-refractivity contribution in [2.45, 2.75) is 6.42 Å². The first kappa shape index (κ1) is 12.4. The summed E-state index contributed by atoms with van der Waals surface area (Å²) in [5.74, 6) is -0.998. The monoisotopic (exact) mass is 267 g/mol. The number of carbonyl (C=O) groups excluding carboxylic acids is 1. The van der Waals surface area contributed by atoms with Crippen molar-refractivity contribution < 1.29 is 14.7 Å². The third-order valence-corrected chi connectivity index (χ3v) is 3.52. The average molecular weight is 267 g/mol. The maximum atomic E-state index is 12.4. The highest BCUT2D eigenvalue weighted by Gasteiger charge is 2.24. The predicted octanol–water partition coefficient (Wildman–Crippen LogP) is 2.59. The molecule has 0 bridgehead atoms. The molecule has 1 aliphatic heterocycles. The SMILES string of the molecule is O=C(O)c1ccc(N2CCc3ccccc3C2=O)cc1. The van der Waals surface area contributed by atoms with Crippen molar-refractivity contribution in [1.82, 2.24) is 0 Å². The lowest BCUT2D eigenvalue weighted by atomic mass is 9.98. The van der Waals surface area contributed by atoms with E-state index in [4.69, 9.17) is 5.11 Å². The summed E-state index contributed by atoms with van der Waals surface area (Å²) in [5, 5.41) is 8.89. The summed E-state index contributed by atoms with van der Waals surface area (Å²) in [6.07, 6.45) is 0.808. The molecule has 1 N–H and O–H groups in total. The van der Waals surface area contributed by atoms with Gasteiger partial charge in [0, 0.05) is 17.8 Å². The van der Waals surface area contributed by atoms with Gasteiger partial charge in [-0.1, -0.05) is 18.2 Å². The summed E-state index contributed by atoms with van der Waals surface area (Å²) in [5.41, 5.74) is 2.74. The van der Waals surface area contributed by atoms with E-state index in [2.05, 4.69) is 0 Å². The molecule has 0 spiro atoms. The molecule has 1 heterocycles. The zero-order valence-electron chi connectivity index (χ0n) is 10.7. The second-order valence-corrected chi connectivity index (χ2v) is 4.72. The van der Waals surface area contributed by atoms with Gasteiger partial charge in [-0.05, 0) is 42.3 Å². The summed E-state index contributed by atoms with van der Waals surface area (Å²) in [4.78, 5) is 25.0. The molecule has 4 nitrogen and oxygen atoms in total. The second kappa shape index (κ2) is 4.81. The van der Waals surface area contributed by atoms with Crippen LogP contribution in [0.25, 0.3) is 0 Å². The van der Waals surface area contributed by atoms with Crippen LogP contribution in [0.15, 0.2) is 48.5 Å². The number of hydrogen-bond acceptors (Lipinski definition) is 2. The van der Waals surface area contributed by atoms with Gasteiger partial charge in [-0.25, -0.2) is 4.79 Å². The minimum Gasteiger partial charge on any atom is -0.478 e. The Labute approximate surface area is 116 Å². The number of carbonyl (C=O) groups is 2. The van der Waals surface area contributed by atoms with Crippen LogP contribution in [0.1, 0.15) is 26.3 Å². The van der Waals surface area contributed by atoms with Gasteiger partial charge < -0.3 is 10.0 Å². The Morgan fingerprint density at radius 3 is 2.45 bits per heavy atom. The first-order valence-electron chi connectivity index (χ1n) is 6.40. The third-order valence-electron chi connectivity index (χ3n) is 3.52. The molecule has 0 atom stereocenters. The number of amides is 1. The topological polar surface area (TPSA) is 57.6 Å². The van der Waals surface area contributed by atoms with E-state index in [-0.39, 0.29) is 11.5 Å². The molecule has 1 aliphatic rings. The molecule has 0 radical (unpaired) electrons. The molecular formula is C16H13NO3. The van der Waals surface area contributed by atoms with Gasteiger partial charge in [-0.2, -0.15) is 0 Å². The quantitative estimate of drug-likeness (QED) is 0.909. The molecule has 0 aliphatic carbocycles. The van der Waals surface area contributed by atoms with Crippen LogP contribution < -0.4 is 4.90 Å². The molecule has 0 aromatic heterocycles. The summed E-state index contributed by atoms with van der Waals surface area (Å²) in [6, 6.07) is 14.0. The number of aromatic carboxylic acids is 1. The van der Waals surface area contributed by atoms with Gasteiger partial charge in [0.25, 0.3) is 5.91 Å². The summed E-state index contributed by atoms with van der Waals surface area (Å²) >= 11 is 0. The van der Waals surface area contributed by atoms with E-state index in [9.17, 15) is 9.59 Å². The van der Waals surface area contributed by atoms with E-state index in [0.29, 0.717) is 6.54 Å². The zero-order chi connectivity index (χ0) is 14.1. The first-order chi connectivity index (χ1) is 9.66. The largest absolute Gasteiger partial charge is 0.478 e. The average Bonchev–Trinajstić information content (AvgIpc) is 2.48. The molecule has 4 heteroatoms. The number of fused-ring (bicyclic) bond motifs is 1. The molecular weight excluding hydrogens is 254 g/mol. The molecule has 1 amide bonds. The number of anilines is 1. The number of carboxylic acid groups (broad SMARTS) is 1. The standard InChI is InChI=1S/C16H13NO3/c18-15-14-4-2-1-3-11(14)9-10-17(15)13-7-5-12(6-8-13)16(19)20/h1-8H,9-10H2,(H,19,20). The van der Waals surface area contributed by atoms with Gasteiger partial charge in [-0.3, -0.25) is 4.79 Å². The van der Waals surface area contributed by atoms with Crippen molar-refractivity contribution in [2.75, 3.05) is 11.4 Å². The Balaban J connectivity index is 1.92. The summed E-state index contributed by atoms with van der Waals surface area (Å²) in [6.45, 7) is 0.613. The lowest BCUT2D eigenvalue weighted by Gasteiger charge is -2.28. The van der Waals surface area contributed by atoms with E-state index < -0.39 is 5.97 Å². The molecule has 20 heavy (non-hydrogen) atoms. The van der Waals surface area contributed by atoms with Crippen LogP contribution in [0.2, 0.25) is 0 Å². The Bertz CT molecular complexity index is 676. The van der Waals surface area contributed by atoms with E-state index in [1.54, 1.807) is 17.0 Å². The lowest BCUT2D eigenvalue weighted by Crippen LogP contribution is -2.37. The van der Waals surface area contributed by atoms with Crippen molar-refractivity contribution in [1.29, 1.82) is 0 Å². The van der Waals surface area contributed by atoms with Crippen LogP contribution in [0.4, 0.5) is 5.69 Å². The Morgan fingerprint density at radius 2 is 1.75 bits per heavy atom. The van der Waals surface area contributed by atoms with Crippen molar-refractivity contribution in [3.05, 3.63) is 65.2 Å². The van der Waals surface area contributed by atoms with E-state index in [1.165, 1.54) is 12.1 Å². The van der Waals surface area contributed by atoms with Crippen LogP contribution in [0.5, 0.6) is 0 Å². The first-order valence-corrected chi connectivity index (χ1v) is 6.40. The molecule has 0 unspecified atom stereocenters. The molecule has 0 saturated carbocycles. The zero-order valence-corrected chi connectivity index (χ0v) is 10.7. The van der Waals surface area contributed by atoms with Gasteiger partial charge in [0.1, 0.15) is 0 Å². The van der Waals surface area contributed by atoms with E-state index in [1.807, 2.05) is 24.3 Å². The van der Waals surface area contributed by atoms with Gasteiger partial charge in [0.15, 0.2) is 0 Å². The number of nitrogens with zero attached hydrogens (tertiary/aromatic N) is 1. The fraction of sp³-hybridized carbons (Fsp3) is 0.125.